The second-order valence-corrected chi connectivity index (χ2v) is 8.28. The fourth-order valence-electron chi connectivity index (χ4n) is 3.50. The van der Waals surface area contributed by atoms with Crippen LogP contribution < -0.4 is 4.80 Å². The monoisotopic (exact) mass is 455 g/mol. The van der Waals surface area contributed by atoms with Crippen molar-refractivity contribution in [2.24, 2.45) is 10.1 Å². The second-order valence-electron chi connectivity index (χ2n) is 7.44. The summed E-state index contributed by atoms with van der Waals surface area (Å²) in [6.45, 7) is 0.608. The normalized spacial score (nSPS) is 12.2. The lowest BCUT2D eigenvalue weighted by molar-refractivity contribution is 0.403. The van der Waals surface area contributed by atoms with E-state index in [0.717, 1.165) is 23.1 Å². The molecule has 5 aromatic rings. The first-order valence-corrected chi connectivity index (χ1v) is 11.4. The summed E-state index contributed by atoms with van der Waals surface area (Å²) in [5, 5.41) is 27.5. The van der Waals surface area contributed by atoms with Gasteiger partial charge >= 0.3 is 0 Å². The zero-order valence-electron chi connectivity index (χ0n) is 17.6. The van der Waals surface area contributed by atoms with Gasteiger partial charge in [-0.15, -0.1) is 11.3 Å². The Balaban J connectivity index is 1.55. The molecule has 0 aliphatic heterocycles. The summed E-state index contributed by atoms with van der Waals surface area (Å²) >= 11 is 1.47. The number of furan rings is 1. The minimum Gasteiger partial charge on any atom is -0.504 e. The van der Waals surface area contributed by atoms with Crippen LogP contribution in [0.3, 0.4) is 0 Å². The van der Waals surface area contributed by atoms with E-state index in [9.17, 15) is 10.2 Å². The van der Waals surface area contributed by atoms with Gasteiger partial charge in [-0.05, 0) is 36.2 Å². The van der Waals surface area contributed by atoms with Crippen molar-refractivity contribution in [3.63, 3.8) is 0 Å². The molecule has 2 heterocycles. The Morgan fingerprint density at radius 2 is 1.76 bits per heavy atom. The number of phenols is 2. The van der Waals surface area contributed by atoms with Crippen LogP contribution in [0.15, 0.2) is 98.8 Å². The fourth-order valence-corrected chi connectivity index (χ4v) is 4.34. The smallest absolute Gasteiger partial charge is 0.206 e. The van der Waals surface area contributed by atoms with Crippen LogP contribution in [0.25, 0.3) is 22.4 Å². The highest BCUT2D eigenvalue weighted by molar-refractivity contribution is 7.07. The maximum absolute atomic E-state index is 10.2. The summed E-state index contributed by atoms with van der Waals surface area (Å²) in [5.74, 6) is 0.263. The van der Waals surface area contributed by atoms with Gasteiger partial charge in [0, 0.05) is 22.9 Å². The van der Waals surface area contributed by atoms with Gasteiger partial charge in [0.05, 0.1) is 6.21 Å². The van der Waals surface area contributed by atoms with Crippen molar-refractivity contribution in [3.05, 3.63) is 100 Å². The molecule has 0 amide bonds. The van der Waals surface area contributed by atoms with Gasteiger partial charge < -0.3 is 14.6 Å². The summed E-state index contributed by atoms with van der Waals surface area (Å²) in [6, 6.07) is 24.8. The van der Waals surface area contributed by atoms with E-state index in [4.69, 9.17) is 9.41 Å². The minimum atomic E-state index is -0.218. The molecule has 2 N–H and O–H groups in total. The SMILES string of the molecule is Oc1cccc(C=Nn2c(-c3cc4ccccc4o3)csc2=NCCc2ccccc2)c1O. The van der Waals surface area contributed by atoms with E-state index < -0.39 is 0 Å². The molecule has 0 radical (unpaired) electrons. The molecule has 33 heavy (non-hydrogen) atoms. The van der Waals surface area contributed by atoms with Crippen molar-refractivity contribution in [1.29, 1.82) is 0 Å². The highest BCUT2D eigenvalue weighted by Crippen LogP contribution is 2.29. The number of fused-ring (bicyclic) bond motifs is 1. The Morgan fingerprint density at radius 1 is 0.939 bits per heavy atom. The largest absolute Gasteiger partial charge is 0.504 e. The van der Waals surface area contributed by atoms with E-state index in [1.165, 1.54) is 29.2 Å². The highest BCUT2D eigenvalue weighted by Gasteiger charge is 2.13. The lowest BCUT2D eigenvalue weighted by Crippen LogP contribution is -2.13. The van der Waals surface area contributed by atoms with Crippen molar-refractivity contribution >= 4 is 28.5 Å². The van der Waals surface area contributed by atoms with Crippen LogP contribution in [0, 0.1) is 0 Å². The summed E-state index contributed by atoms with van der Waals surface area (Å²) < 4.78 is 7.76. The third-order valence-corrected chi connectivity index (χ3v) is 6.07. The van der Waals surface area contributed by atoms with E-state index in [0.29, 0.717) is 22.7 Å². The van der Waals surface area contributed by atoms with Gasteiger partial charge in [-0.1, -0.05) is 54.6 Å². The Bertz CT molecular complexity index is 1460. The van der Waals surface area contributed by atoms with Crippen LogP contribution in [-0.4, -0.2) is 27.6 Å². The van der Waals surface area contributed by atoms with Crippen LogP contribution in [0.1, 0.15) is 11.1 Å². The van der Waals surface area contributed by atoms with Gasteiger partial charge in [0.2, 0.25) is 4.80 Å². The lowest BCUT2D eigenvalue weighted by atomic mass is 10.2. The molecule has 164 valence electrons. The summed E-state index contributed by atoms with van der Waals surface area (Å²) in [7, 11) is 0. The van der Waals surface area contributed by atoms with E-state index in [-0.39, 0.29) is 11.5 Å². The first-order valence-electron chi connectivity index (χ1n) is 10.5. The molecular formula is C26H21N3O3S. The Labute approximate surface area is 194 Å². The molecule has 2 aromatic heterocycles. The fraction of sp³-hybridized carbons (Fsp3) is 0.0769. The summed E-state index contributed by atoms with van der Waals surface area (Å²) in [6.07, 6.45) is 2.32. The predicted octanol–water partition coefficient (Wildman–Crippen LogP) is 5.40. The van der Waals surface area contributed by atoms with Crippen LogP contribution in [0.2, 0.25) is 0 Å². The van der Waals surface area contributed by atoms with Crippen molar-refractivity contribution in [3.8, 4) is 23.0 Å². The van der Waals surface area contributed by atoms with E-state index in [1.54, 1.807) is 16.8 Å². The average molecular weight is 456 g/mol. The number of phenolic OH excluding ortho intramolecular Hbond substituents is 2. The molecule has 0 bridgehead atoms. The van der Waals surface area contributed by atoms with Crippen molar-refractivity contribution in [1.82, 2.24) is 4.68 Å². The number of hydrogen-bond donors (Lipinski definition) is 2. The quantitative estimate of drug-likeness (QED) is 0.266. The molecule has 0 aliphatic carbocycles. The standard InChI is InChI=1S/C26H21N3O3S/c30-22-11-6-10-20(25(22)31)16-28-29-21(24-15-19-9-4-5-12-23(19)32-24)17-33-26(29)27-14-13-18-7-2-1-3-8-18/h1-12,15-17,30-31H,13-14H2. The minimum absolute atomic E-state index is 0.195. The third-order valence-electron chi connectivity index (χ3n) is 5.21. The second kappa shape index (κ2) is 9.18. The molecule has 0 unspecified atom stereocenters. The van der Waals surface area contributed by atoms with Gasteiger partial charge in [-0.2, -0.15) is 5.10 Å². The van der Waals surface area contributed by atoms with Crippen LogP contribution >= 0.6 is 11.3 Å². The molecule has 3 aromatic carbocycles. The van der Waals surface area contributed by atoms with Gasteiger partial charge in [-0.25, -0.2) is 4.68 Å². The number of rotatable bonds is 6. The lowest BCUT2D eigenvalue weighted by Gasteiger charge is -2.03. The number of hydrogen-bond acceptors (Lipinski definition) is 6. The molecule has 0 atom stereocenters. The van der Waals surface area contributed by atoms with E-state index in [2.05, 4.69) is 17.2 Å². The van der Waals surface area contributed by atoms with Gasteiger partial charge in [0.25, 0.3) is 0 Å². The van der Waals surface area contributed by atoms with E-state index in [1.807, 2.05) is 53.9 Å². The highest BCUT2D eigenvalue weighted by atomic mass is 32.1. The number of nitrogens with zero attached hydrogens (tertiary/aromatic N) is 3. The van der Waals surface area contributed by atoms with Crippen LogP contribution in [-0.2, 0) is 6.42 Å². The molecule has 0 saturated carbocycles. The Hall–Kier alpha value is -4.10. The van der Waals surface area contributed by atoms with Crippen LogP contribution in [0.4, 0.5) is 0 Å². The van der Waals surface area contributed by atoms with Crippen LogP contribution in [0.5, 0.6) is 11.5 Å². The zero-order valence-corrected chi connectivity index (χ0v) is 18.4. The number of para-hydroxylation sites is 2. The third kappa shape index (κ3) is 4.44. The maximum atomic E-state index is 10.2. The molecule has 0 aliphatic rings. The molecular weight excluding hydrogens is 434 g/mol. The predicted molar refractivity (Wildman–Crippen MR) is 131 cm³/mol. The zero-order chi connectivity index (χ0) is 22.6. The molecule has 6 nitrogen and oxygen atoms in total. The summed E-state index contributed by atoms with van der Waals surface area (Å²) in [4.78, 5) is 5.47. The molecule has 0 saturated heterocycles. The molecule has 0 fully saturated rings. The molecule has 5 rings (SSSR count). The van der Waals surface area contributed by atoms with Gasteiger partial charge in [0.1, 0.15) is 11.3 Å². The number of thiazole rings is 1. The Morgan fingerprint density at radius 3 is 2.61 bits per heavy atom. The first kappa shape index (κ1) is 20.8. The Kier molecular flexibility index (Phi) is 5.78. The van der Waals surface area contributed by atoms with E-state index >= 15 is 0 Å². The van der Waals surface area contributed by atoms with Gasteiger partial charge in [0.15, 0.2) is 17.3 Å². The molecule has 7 heteroatoms. The number of aromatic hydroxyl groups is 2. The number of aromatic nitrogens is 1. The number of benzene rings is 3. The first-order chi connectivity index (χ1) is 16.2. The van der Waals surface area contributed by atoms with Crippen molar-refractivity contribution in [2.75, 3.05) is 6.54 Å². The topological polar surface area (TPSA) is 83.2 Å². The van der Waals surface area contributed by atoms with Gasteiger partial charge in [-0.3, -0.25) is 4.99 Å². The van der Waals surface area contributed by atoms with Crippen molar-refractivity contribution in [2.45, 2.75) is 6.42 Å². The van der Waals surface area contributed by atoms with Crippen molar-refractivity contribution < 1.29 is 14.6 Å². The summed E-state index contributed by atoms with van der Waals surface area (Å²) in [5.41, 5.74) is 3.17. The molecule has 0 spiro atoms. The maximum Gasteiger partial charge on any atom is 0.206 e. The average Bonchev–Trinajstić information content (AvgIpc) is 3.44.